The normalized spacial score (nSPS) is 20.5. The molecule has 0 radical (unpaired) electrons. The van der Waals surface area contributed by atoms with E-state index in [-0.39, 0.29) is 30.1 Å². The maximum absolute atomic E-state index is 13.6. The molecule has 31 heavy (non-hydrogen) atoms. The largest absolute Gasteiger partial charge is 0.496 e. The van der Waals surface area contributed by atoms with E-state index in [9.17, 15) is 14.0 Å². The Hall–Kier alpha value is -2.77. The highest BCUT2D eigenvalue weighted by molar-refractivity contribution is 6.05. The van der Waals surface area contributed by atoms with Gasteiger partial charge < -0.3 is 4.74 Å². The summed E-state index contributed by atoms with van der Waals surface area (Å²) >= 11 is 0. The van der Waals surface area contributed by atoms with E-state index in [2.05, 4.69) is 9.80 Å². The van der Waals surface area contributed by atoms with E-state index >= 15 is 0 Å². The lowest BCUT2D eigenvalue weighted by Gasteiger charge is -2.37. The van der Waals surface area contributed by atoms with Gasteiger partial charge in [0.25, 0.3) is 0 Å². The quantitative estimate of drug-likeness (QED) is 0.638. The fourth-order valence-corrected chi connectivity index (χ4v) is 4.42. The molecule has 0 aromatic heterocycles. The number of hydrogen-bond donors (Lipinski definition) is 0. The number of amides is 2. The van der Waals surface area contributed by atoms with Crippen LogP contribution in [0.4, 0.5) is 4.39 Å². The summed E-state index contributed by atoms with van der Waals surface area (Å²) in [4.78, 5) is 31.2. The molecule has 4 rings (SSSR count). The Kier molecular flexibility index (Phi) is 6.63. The molecule has 0 aliphatic carbocycles. The van der Waals surface area contributed by atoms with Gasteiger partial charge in [0, 0.05) is 44.8 Å². The fourth-order valence-electron chi connectivity index (χ4n) is 4.42. The number of methoxy groups -OCH3 is 1. The van der Waals surface area contributed by atoms with Crippen LogP contribution in [-0.4, -0.2) is 72.4 Å². The molecule has 2 aromatic rings. The van der Waals surface area contributed by atoms with Crippen LogP contribution in [0.3, 0.4) is 0 Å². The zero-order valence-electron chi connectivity index (χ0n) is 17.8. The van der Waals surface area contributed by atoms with Crippen LogP contribution < -0.4 is 4.74 Å². The van der Waals surface area contributed by atoms with E-state index in [0.717, 1.165) is 24.2 Å². The van der Waals surface area contributed by atoms with Crippen LogP contribution in [0.25, 0.3) is 0 Å². The first kappa shape index (κ1) is 21.5. The first-order chi connectivity index (χ1) is 15.0. The summed E-state index contributed by atoms with van der Waals surface area (Å²) in [5.74, 6) is 0.230. The summed E-state index contributed by atoms with van der Waals surface area (Å²) in [5.41, 5.74) is 1.93. The minimum absolute atomic E-state index is 0.0822. The molecule has 164 valence electrons. The van der Waals surface area contributed by atoms with Gasteiger partial charge in [0.15, 0.2) is 0 Å². The molecule has 6 nitrogen and oxygen atoms in total. The lowest BCUT2D eigenvalue weighted by molar-refractivity contribution is -0.139. The Labute approximate surface area is 182 Å². The summed E-state index contributed by atoms with van der Waals surface area (Å²) in [7, 11) is 1.58. The monoisotopic (exact) mass is 425 g/mol. The minimum Gasteiger partial charge on any atom is -0.496 e. The van der Waals surface area contributed by atoms with E-state index in [1.807, 2.05) is 30.3 Å². The number of ether oxygens (including phenoxy) is 1. The summed E-state index contributed by atoms with van der Waals surface area (Å²) in [5, 5.41) is 0. The Balaban J connectivity index is 1.31. The summed E-state index contributed by atoms with van der Waals surface area (Å²) < 4.78 is 19.0. The number of carbonyl (C=O) groups excluding carboxylic acids is 2. The predicted octanol–water partition coefficient (Wildman–Crippen LogP) is 2.32. The number of benzene rings is 2. The van der Waals surface area contributed by atoms with Crippen molar-refractivity contribution in [1.29, 1.82) is 0 Å². The minimum atomic E-state index is -0.367. The molecule has 2 aliphatic heterocycles. The molecule has 2 aliphatic rings. The molecule has 2 aromatic carbocycles. The van der Waals surface area contributed by atoms with Crippen molar-refractivity contribution in [2.45, 2.75) is 25.4 Å². The standard InChI is InChI=1S/C24H28FN3O3/c1-31-22-8-7-20(25)15-19(22)17-26-11-13-27(14-12-26)21-16-23(29)28(24(21)30)10-9-18-5-3-2-4-6-18/h2-8,15,21H,9-14,16-17H2,1H3/t21-/m1/s1. The van der Waals surface area contributed by atoms with Crippen LogP contribution in [-0.2, 0) is 22.6 Å². The lowest BCUT2D eigenvalue weighted by Crippen LogP contribution is -2.52. The molecule has 0 unspecified atom stereocenters. The zero-order chi connectivity index (χ0) is 21.8. The molecule has 7 heteroatoms. The molecule has 0 spiro atoms. The molecule has 0 bridgehead atoms. The maximum atomic E-state index is 13.6. The van der Waals surface area contributed by atoms with Crippen LogP contribution in [0.15, 0.2) is 48.5 Å². The van der Waals surface area contributed by atoms with E-state index in [1.54, 1.807) is 13.2 Å². The van der Waals surface area contributed by atoms with Crippen LogP contribution in [0.1, 0.15) is 17.5 Å². The Morgan fingerprint density at radius 3 is 2.48 bits per heavy atom. The third-order valence-corrected chi connectivity index (χ3v) is 6.17. The van der Waals surface area contributed by atoms with Crippen LogP contribution in [0, 0.1) is 5.82 Å². The van der Waals surface area contributed by atoms with Gasteiger partial charge in [-0.15, -0.1) is 0 Å². The molecule has 2 heterocycles. The van der Waals surface area contributed by atoms with Gasteiger partial charge in [-0.05, 0) is 30.2 Å². The average Bonchev–Trinajstić information content (AvgIpc) is 3.07. The number of imide groups is 1. The third-order valence-electron chi connectivity index (χ3n) is 6.17. The number of likely N-dealkylation sites (tertiary alicyclic amines) is 1. The van der Waals surface area contributed by atoms with Crippen molar-refractivity contribution in [2.75, 3.05) is 39.8 Å². The lowest BCUT2D eigenvalue weighted by atomic mass is 10.1. The SMILES string of the molecule is COc1ccc(F)cc1CN1CCN([C@@H]2CC(=O)N(CCc3ccccc3)C2=O)CC1. The zero-order valence-corrected chi connectivity index (χ0v) is 17.8. The molecule has 1 atom stereocenters. The number of piperazine rings is 1. The smallest absolute Gasteiger partial charge is 0.247 e. The summed E-state index contributed by atoms with van der Waals surface area (Å²) in [6.45, 7) is 3.93. The highest BCUT2D eigenvalue weighted by atomic mass is 19.1. The maximum Gasteiger partial charge on any atom is 0.247 e. The van der Waals surface area contributed by atoms with Crippen molar-refractivity contribution in [3.8, 4) is 5.75 Å². The molecule has 2 amide bonds. The van der Waals surface area contributed by atoms with Gasteiger partial charge in [-0.25, -0.2) is 4.39 Å². The number of halogens is 1. The van der Waals surface area contributed by atoms with E-state index in [0.29, 0.717) is 38.3 Å². The number of hydrogen-bond acceptors (Lipinski definition) is 5. The van der Waals surface area contributed by atoms with Gasteiger partial charge in [-0.1, -0.05) is 30.3 Å². The Bertz CT molecular complexity index is 929. The van der Waals surface area contributed by atoms with Gasteiger partial charge in [0.2, 0.25) is 11.8 Å². The highest BCUT2D eigenvalue weighted by Crippen LogP contribution is 2.24. The third kappa shape index (κ3) is 4.94. The van der Waals surface area contributed by atoms with Crippen molar-refractivity contribution >= 4 is 11.8 Å². The molecular weight excluding hydrogens is 397 g/mol. The van der Waals surface area contributed by atoms with E-state index in [1.165, 1.54) is 17.0 Å². The number of rotatable bonds is 7. The van der Waals surface area contributed by atoms with Gasteiger partial charge >= 0.3 is 0 Å². The van der Waals surface area contributed by atoms with Crippen LogP contribution in [0.2, 0.25) is 0 Å². The van der Waals surface area contributed by atoms with Gasteiger partial charge in [0.1, 0.15) is 11.6 Å². The molecule has 2 fully saturated rings. The van der Waals surface area contributed by atoms with Crippen molar-refractivity contribution in [3.63, 3.8) is 0 Å². The van der Waals surface area contributed by atoms with Crippen molar-refractivity contribution in [3.05, 3.63) is 65.5 Å². The fraction of sp³-hybridized carbons (Fsp3) is 0.417. The highest BCUT2D eigenvalue weighted by Gasteiger charge is 2.42. The Morgan fingerprint density at radius 2 is 1.77 bits per heavy atom. The summed E-state index contributed by atoms with van der Waals surface area (Å²) in [6.07, 6.45) is 0.930. The van der Waals surface area contributed by atoms with Gasteiger partial charge in [-0.3, -0.25) is 24.3 Å². The summed E-state index contributed by atoms with van der Waals surface area (Å²) in [6, 6.07) is 14.1. The number of nitrogens with zero attached hydrogens (tertiary/aromatic N) is 3. The molecular formula is C24H28FN3O3. The first-order valence-electron chi connectivity index (χ1n) is 10.7. The average molecular weight is 426 g/mol. The van der Waals surface area contributed by atoms with E-state index in [4.69, 9.17) is 4.74 Å². The van der Waals surface area contributed by atoms with Crippen LogP contribution in [0.5, 0.6) is 5.75 Å². The molecule has 0 N–H and O–H groups in total. The van der Waals surface area contributed by atoms with E-state index < -0.39 is 0 Å². The Morgan fingerprint density at radius 1 is 1.03 bits per heavy atom. The second kappa shape index (κ2) is 9.58. The van der Waals surface area contributed by atoms with Crippen molar-refractivity contribution in [2.24, 2.45) is 0 Å². The topological polar surface area (TPSA) is 53.1 Å². The van der Waals surface area contributed by atoms with Crippen molar-refractivity contribution in [1.82, 2.24) is 14.7 Å². The van der Waals surface area contributed by atoms with Gasteiger partial charge in [-0.2, -0.15) is 0 Å². The first-order valence-corrected chi connectivity index (χ1v) is 10.7. The molecule has 0 saturated carbocycles. The predicted molar refractivity (Wildman–Crippen MR) is 115 cm³/mol. The number of carbonyl (C=O) groups is 2. The van der Waals surface area contributed by atoms with Gasteiger partial charge in [0.05, 0.1) is 19.6 Å². The van der Waals surface area contributed by atoms with Crippen molar-refractivity contribution < 1.29 is 18.7 Å². The second-order valence-corrected chi connectivity index (χ2v) is 8.11. The second-order valence-electron chi connectivity index (χ2n) is 8.11. The van der Waals surface area contributed by atoms with Crippen LogP contribution >= 0.6 is 0 Å². The molecule has 2 saturated heterocycles.